The maximum atomic E-state index is 14.6. The van der Waals surface area contributed by atoms with Crippen molar-refractivity contribution >= 4 is 45.1 Å². The number of hydrogen-bond acceptors (Lipinski definition) is 8. The van der Waals surface area contributed by atoms with Crippen LogP contribution in [0.5, 0.6) is 0 Å². The molecule has 0 unspecified atom stereocenters. The molecule has 8 rings (SSSR count). The minimum absolute atomic E-state index is 0.137. The van der Waals surface area contributed by atoms with Crippen molar-refractivity contribution in [2.24, 2.45) is 0 Å². The van der Waals surface area contributed by atoms with Gasteiger partial charge in [0.15, 0.2) is 0 Å². The van der Waals surface area contributed by atoms with E-state index in [2.05, 4.69) is 10.6 Å². The molecule has 0 spiro atoms. The first kappa shape index (κ1) is 31.8. The highest BCUT2D eigenvalue weighted by Crippen LogP contribution is 2.39. The average Bonchev–Trinajstić information content (AvgIpc) is 4.01. The number of aromatic nitrogens is 2. The molecule has 4 aliphatic rings. The first-order chi connectivity index (χ1) is 23.1. The summed E-state index contributed by atoms with van der Waals surface area (Å²) in [7, 11) is 0. The van der Waals surface area contributed by atoms with Crippen molar-refractivity contribution < 1.29 is 28.6 Å². The van der Waals surface area contributed by atoms with Crippen molar-refractivity contribution in [2.75, 3.05) is 62.2 Å². The maximum Gasteiger partial charge on any atom is 0.341 e. The highest BCUT2D eigenvalue weighted by atomic mass is 19.1. The Kier molecular flexibility index (Phi) is 8.37. The molecule has 0 bridgehead atoms. The topological polar surface area (TPSA) is 149 Å². The number of halogens is 2. The number of carboxylic acid groups (broad SMARTS) is 2. The maximum absolute atomic E-state index is 14.6. The molecule has 0 amide bonds. The summed E-state index contributed by atoms with van der Waals surface area (Å²) in [4.78, 5) is 51.4. The largest absolute Gasteiger partial charge is 0.477 e. The number of hydrogen-bond donors (Lipinski definition) is 4. The van der Waals surface area contributed by atoms with E-state index in [-0.39, 0.29) is 34.0 Å². The van der Waals surface area contributed by atoms with Crippen LogP contribution in [0.4, 0.5) is 20.2 Å². The van der Waals surface area contributed by atoms with E-state index in [0.29, 0.717) is 48.6 Å². The fourth-order valence-electron chi connectivity index (χ4n) is 6.63. The Morgan fingerprint density at radius 2 is 0.979 bits per heavy atom. The Morgan fingerprint density at radius 3 is 1.29 bits per heavy atom. The molecule has 12 nitrogen and oxygen atoms in total. The van der Waals surface area contributed by atoms with Gasteiger partial charge < -0.3 is 39.8 Å². The quantitative estimate of drug-likeness (QED) is 0.243. The van der Waals surface area contributed by atoms with Crippen LogP contribution in [0.1, 0.15) is 58.5 Å². The van der Waals surface area contributed by atoms with Gasteiger partial charge in [-0.15, -0.1) is 0 Å². The Hall–Kier alpha value is -4.82. The number of nitrogens with zero attached hydrogens (tertiary/aromatic N) is 4. The van der Waals surface area contributed by atoms with Gasteiger partial charge in [-0.2, -0.15) is 0 Å². The van der Waals surface area contributed by atoms with Gasteiger partial charge in [0.05, 0.1) is 22.4 Å². The van der Waals surface area contributed by atoms with Crippen molar-refractivity contribution in [2.45, 2.75) is 37.8 Å². The summed E-state index contributed by atoms with van der Waals surface area (Å²) in [5.41, 5.74) is 0.319. The molecule has 0 radical (unpaired) electrons. The number of fused-ring (bicyclic) bond motifs is 2. The number of aromatic carboxylic acids is 2. The number of carboxylic acids is 2. The van der Waals surface area contributed by atoms with Gasteiger partial charge in [-0.25, -0.2) is 18.4 Å². The van der Waals surface area contributed by atoms with Crippen molar-refractivity contribution in [3.8, 4) is 0 Å². The lowest BCUT2D eigenvalue weighted by Gasteiger charge is -2.30. The molecule has 2 saturated heterocycles. The molecule has 2 aromatic heterocycles. The molecule has 48 heavy (non-hydrogen) atoms. The lowest BCUT2D eigenvalue weighted by Crippen LogP contribution is -2.43. The third kappa shape index (κ3) is 6.01. The molecule has 4 heterocycles. The molecule has 252 valence electrons. The summed E-state index contributed by atoms with van der Waals surface area (Å²) in [6, 6.07) is 6.16. The average molecular weight is 663 g/mol. The van der Waals surface area contributed by atoms with Crippen LogP contribution in [-0.4, -0.2) is 83.6 Å². The van der Waals surface area contributed by atoms with Crippen LogP contribution in [0.2, 0.25) is 0 Å². The smallest absolute Gasteiger partial charge is 0.341 e. The number of piperazine rings is 2. The molecule has 0 atom stereocenters. The lowest BCUT2D eigenvalue weighted by molar-refractivity contribution is 0.0684. The second kappa shape index (κ2) is 12.7. The molecule has 4 N–H and O–H groups in total. The van der Waals surface area contributed by atoms with Gasteiger partial charge in [0, 0.05) is 87.6 Å². The van der Waals surface area contributed by atoms with Crippen LogP contribution in [0, 0.1) is 11.6 Å². The van der Waals surface area contributed by atoms with E-state index in [9.17, 15) is 38.2 Å². The van der Waals surface area contributed by atoms with E-state index >= 15 is 0 Å². The number of nitrogens with one attached hydrogen (secondary N) is 2. The molecule has 2 aromatic carbocycles. The SMILES string of the molecule is O=C(O)c1cn(C2CC2)c2cc(N3CCNCC3)c(F)cc2c1=O.O=C(O)c1cn(C2CC2)c2cc(N3CCNCC3)c(F)cc2c1=O. The second-order valence-corrected chi connectivity index (χ2v) is 12.7. The van der Waals surface area contributed by atoms with Gasteiger partial charge in [-0.05, 0) is 49.9 Å². The molecule has 2 aliphatic carbocycles. The van der Waals surface area contributed by atoms with Crippen LogP contribution in [-0.2, 0) is 0 Å². The Bertz CT molecular complexity index is 1910. The number of carbonyl (C=O) groups is 2. The van der Waals surface area contributed by atoms with Gasteiger partial charge in [0.25, 0.3) is 0 Å². The third-order valence-electron chi connectivity index (χ3n) is 9.46. The third-order valence-corrected chi connectivity index (χ3v) is 9.46. The molecule has 14 heteroatoms. The van der Waals surface area contributed by atoms with Crippen LogP contribution < -0.4 is 31.3 Å². The van der Waals surface area contributed by atoms with E-state index in [4.69, 9.17) is 0 Å². The Labute approximate surface area is 273 Å². The molecular weight excluding hydrogens is 626 g/mol. The zero-order chi connectivity index (χ0) is 33.7. The molecule has 4 fully saturated rings. The number of rotatable bonds is 6. The predicted octanol–water partition coefficient (Wildman–Crippen LogP) is 3.17. The Morgan fingerprint density at radius 1 is 0.625 bits per heavy atom. The molecule has 2 saturated carbocycles. The summed E-state index contributed by atoms with van der Waals surface area (Å²) in [5.74, 6) is -3.51. The molecule has 2 aliphatic heterocycles. The van der Waals surface area contributed by atoms with Gasteiger partial charge in [-0.3, -0.25) is 9.59 Å². The number of benzene rings is 2. The van der Waals surface area contributed by atoms with Crippen LogP contribution in [0.3, 0.4) is 0 Å². The summed E-state index contributed by atoms with van der Waals surface area (Å²) in [6.07, 6.45) is 6.58. The van der Waals surface area contributed by atoms with Crippen molar-refractivity contribution in [3.05, 3.63) is 79.9 Å². The van der Waals surface area contributed by atoms with Crippen LogP contribution >= 0.6 is 0 Å². The van der Waals surface area contributed by atoms with Gasteiger partial charge in [0.1, 0.15) is 22.8 Å². The standard InChI is InChI=1S/2C17H18FN3O3/c2*18-13-7-11-14(8-15(13)20-5-3-19-4-6-20)21(10-1-2-10)9-12(16(11)22)17(23)24/h2*7-10,19H,1-6H2,(H,23,24). The first-order valence-electron chi connectivity index (χ1n) is 16.3. The highest BCUT2D eigenvalue weighted by Gasteiger charge is 2.29. The fourth-order valence-corrected chi connectivity index (χ4v) is 6.63. The van der Waals surface area contributed by atoms with Gasteiger partial charge >= 0.3 is 11.9 Å². The van der Waals surface area contributed by atoms with E-state index in [1.54, 1.807) is 12.1 Å². The van der Waals surface area contributed by atoms with E-state index < -0.39 is 34.4 Å². The summed E-state index contributed by atoms with van der Waals surface area (Å²) >= 11 is 0. The summed E-state index contributed by atoms with van der Waals surface area (Å²) < 4.78 is 32.9. The van der Waals surface area contributed by atoms with Crippen LogP contribution in [0.15, 0.2) is 46.2 Å². The van der Waals surface area contributed by atoms with Crippen molar-refractivity contribution in [1.82, 2.24) is 19.8 Å². The summed E-state index contributed by atoms with van der Waals surface area (Å²) in [5, 5.41) is 25.2. The summed E-state index contributed by atoms with van der Waals surface area (Å²) in [6.45, 7) is 5.92. The minimum Gasteiger partial charge on any atom is -0.477 e. The number of anilines is 2. The first-order valence-corrected chi connectivity index (χ1v) is 16.3. The normalized spacial score (nSPS) is 18.1. The van der Waals surface area contributed by atoms with Gasteiger partial charge in [-0.1, -0.05) is 0 Å². The van der Waals surface area contributed by atoms with E-state index in [1.807, 2.05) is 18.9 Å². The predicted molar refractivity (Wildman–Crippen MR) is 177 cm³/mol. The monoisotopic (exact) mass is 662 g/mol. The second-order valence-electron chi connectivity index (χ2n) is 12.7. The highest BCUT2D eigenvalue weighted by molar-refractivity contribution is 5.94. The zero-order valence-corrected chi connectivity index (χ0v) is 26.2. The van der Waals surface area contributed by atoms with Crippen LogP contribution in [0.25, 0.3) is 21.8 Å². The Balaban J connectivity index is 0.000000152. The van der Waals surface area contributed by atoms with E-state index in [1.165, 1.54) is 24.5 Å². The van der Waals surface area contributed by atoms with Gasteiger partial charge in [0.2, 0.25) is 10.9 Å². The minimum atomic E-state index is -1.28. The zero-order valence-electron chi connectivity index (χ0n) is 26.2. The van der Waals surface area contributed by atoms with Crippen molar-refractivity contribution in [3.63, 3.8) is 0 Å². The fraction of sp³-hybridized carbons (Fsp3) is 0.412. The molecule has 4 aromatic rings. The lowest BCUT2D eigenvalue weighted by atomic mass is 10.1. The number of pyridine rings is 2. The van der Waals surface area contributed by atoms with Crippen molar-refractivity contribution in [1.29, 1.82) is 0 Å². The van der Waals surface area contributed by atoms with E-state index in [0.717, 1.165) is 51.9 Å². The molecular formula is C34H36F2N6O6.